The lowest BCUT2D eigenvalue weighted by Gasteiger charge is -2.12. The van der Waals surface area contributed by atoms with E-state index in [2.05, 4.69) is 5.32 Å². The Morgan fingerprint density at radius 1 is 1.53 bits per heavy atom. The smallest absolute Gasteiger partial charge is 0.337 e. The van der Waals surface area contributed by atoms with Gasteiger partial charge in [0.25, 0.3) is 0 Å². The number of aromatic carboxylic acids is 1. The lowest BCUT2D eigenvalue weighted by Crippen LogP contribution is -2.11. The molecule has 4 N–H and O–H groups in total. The van der Waals surface area contributed by atoms with E-state index in [1.807, 2.05) is 6.92 Å². The Labute approximate surface area is 101 Å². The van der Waals surface area contributed by atoms with E-state index in [0.717, 1.165) is 6.42 Å². The third-order valence-corrected chi connectivity index (χ3v) is 2.30. The monoisotopic (exact) mass is 238 g/mol. The third kappa shape index (κ3) is 3.96. The molecule has 0 saturated carbocycles. The second-order valence-electron chi connectivity index (χ2n) is 3.55. The topological polar surface area (TPSA) is 84.6 Å². The fourth-order valence-electron chi connectivity index (χ4n) is 1.48. The number of rotatable bonds is 7. The molecule has 0 saturated heterocycles. The number of carboxylic acid groups (broad SMARTS) is 1. The maximum absolute atomic E-state index is 11.0. The van der Waals surface area contributed by atoms with Gasteiger partial charge in [-0.3, -0.25) is 0 Å². The van der Waals surface area contributed by atoms with E-state index in [-0.39, 0.29) is 5.56 Å². The summed E-state index contributed by atoms with van der Waals surface area (Å²) in [6, 6.07) is 4.84. The molecule has 0 fully saturated rings. The second-order valence-corrected chi connectivity index (χ2v) is 3.55. The molecule has 0 radical (unpaired) electrons. The zero-order chi connectivity index (χ0) is 12.7. The first kappa shape index (κ1) is 13.3. The molecule has 0 aliphatic carbocycles. The van der Waals surface area contributed by atoms with Crippen LogP contribution in [0.5, 0.6) is 0 Å². The van der Waals surface area contributed by atoms with Gasteiger partial charge in [-0.05, 0) is 25.5 Å². The zero-order valence-electron chi connectivity index (χ0n) is 9.90. The van der Waals surface area contributed by atoms with Gasteiger partial charge in [-0.15, -0.1) is 0 Å². The van der Waals surface area contributed by atoms with Crippen LogP contribution < -0.4 is 11.1 Å². The van der Waals surface area contributed by atoms with Crippen molar-refractivity contribution >= 4 is 17.3 Å². The molecule has 0 atom stereocenters. The van der Waals surface area contributed by atoms with Gasteiger partial charge in [0.1, 0.15) is 0 Å². The van der Waals surface area contributed by atoms with Gasteiger partial charge < -0.3 is 20.9 Å². The van der Waals surface area contributed by atoms with E-state index >= 15 is 0 Å². The number of nitrogens with two attached hydrogens (primary N) is 1. The highest BCUT2D eigenvalue weighted by Gasteiger charge is 2.11. The van der Waals surface area contributed by atoms with E-state index < -0.39 is 5.97 Å². The van der Waals surface area contributed by atoms with Crippen molar-refractivity contribution in [2.75, 3.05) is 30.8 Å². The summed E-state index contributed by atoms with van der Waals surface area (Å²) in [7, 11) is 0. The minimum atomic E-state index is -0.982. The van der Waals surface area contributed by atoms with Crippen molar-refractivity contribution in [2.24, 2.45) is 0 Å². The number of carbonyl (C=O) groups is 1. The van der Waals surface area contributed by atoms with Crippen LogP contribution in [-0.2, 0) is 4.74 Å². The highest BCUT2D eigenvalue weighted by Crippen LogP contribution is 2.23. The number of ether oxygens (including phenoxy) is 1. The molecular weight excluding hydrogens is 220 g/mol. The molecule has 5 heteroatoms. The molecular formula is C12H18N2O3. The molecule has 5 nitrogen and oxygen atoms in total. The minimum absolute atomic E-state index is 0.196. The van der Waals surface area contributed by atoms with Crippen molar-refractivity contribution in [3.63, 3.8) is 0 Å². The van der Waals surface area contributed by atoms with Crippen LogP contribution in [0.4, 0.5) is 11.4 Å². The number of hydrogen-bond donors (Lipinski definition) is 3. The Morgan fingerprint density at radius 2 is 2.29 bits per heavy atom. The number of anilines is 2. The Balaban J connectivity index is 2.60. The van der Waals surface area contributed by atoms with Crippen LogP contribution in [0.3, 0.4) is 0 Å². The number of nitrogen functional groups attached to an aromatic ring is 1. The molecule has 1 aromatic carbocycles. The van der Waals surface area contributed by atoms with E-state index in [0.29, 0.717) is 31.1 Å². The fourth-order valence-corrected chi connectivity index (χ4v) is 1.48. The molecule has 94 valence electrons. The first-order valence-corrected chi connectivity index (χ1v) is 5.60. The van der Waals surface area contributed by atoms with Gasteiger partial charge in [0, 0.05) is 19.8 Å². The molecule has 0 aliphatic heterocycles. The standard InChI is InChI=1S/C12H18N2O3/c1-2-17-8-4-7-14-11-9(12(15)16)5-3-6-10(11)13/h3,5-6,14H,2,4,7-8,13H2,1H3,(H,15,16). The summed E-state index contributed by atoms with van der Waals surface area (Å²) in [6.07, 6.45) is 0.807. The van der Waals surface area contributed by atoms with Gasteiger partial charge in [0.15, 0.2) is 0 Å². The van der Waals surface area contributed by atoms with Gasteiger partial charge in [-0.1, -0.05) is 6.07 Å². The molecule has 1 aromatic rings. The molecule has 0 unspecified atom stereocenters. The summed E-state index contributed by atoms with van der Waals surface area (Å²) < 4.78 is 5.19. The first-order valence-electron chi connectivity index (χ1n) is 5.60. The van der Waals surface area contributed by atoms with E-state index in [1.165, 1.54) is 6.07 Å². The molecule has 0 amide bonds. The van der Waals surface area contributed by atoms with Gasteiger partial charge in [0.2, 0.25) is 0 Å². The molecule has 17 heavy (non-hydrogen) atoms. The van der Waals surface area contributed by atoms with Crippen molar-refractivity contribution < 1.29 is 14.6 Å². The third-order valence-electron chi connectivity index (χ3n) is 2.30. The van der Waals surface area contributed by atoms with E-state index in [4.69, 9.17) is 15.6 Å². The number of carboxylic acids is 1. The van der Waals surface area contributed by atoms with Crippen molar-refractivity contribution in [1.82, 2.24) is 0 Å². The predicted octanol–water partition coefficient (Wildman–Crippen LogP) is 1.81. The van der Waals surface area contributed by atoms with Crippen LogP contribution in [0.25, 0.3) is 0 Å². The number of para-hydroxylation sites is 1. The van der Waals surface area contributed by atoms with Crippen molar-refractivity contribution in [3.05, 3.63) is 23.8 Å². The average molecular weight is 238 g/mol. The largest absolute Gasteiger partial charge is 0.478 e. The van der Waals surface area contributed by atoms with Crippen LogP contribution in [0.2, 0.25) is 0 Å². The summed E-state index contributed by atoms with van der Waals surface area (Å²) in [5.74, 6) is -0.982. The summed E-state index contributed by atoms with van der Waals surface area (Å²) >= 11 is 0. The number of nitrogens with one attached hydrogen (secondary N) is 1. The van der Waals surface area contributed by atoms with Gasteiger partial charge in [0.05, 0.1) is 16.9 Å². The van der Waals surface area contributed by atoms with Crippen LogP contribution in [0.1, 0.15) is 23.7 Å². The summed E-state index contributed by atoms with van der Waals surface area (Å²) in [5, 5.41) is 12.0. The molecule has 0 aliphatic rings. The highest BCUT2D eigenvalue weighted by atomic mass is 16.5. The molecule has 1 rings (SSSR count). The van der Waals surface area contributed by atoms with Gasteiger partial charge in [-0.25, -0.2) is 4.79 Å². The van der Waals surface area contributed by atoms with Crippen molar-refractivity contribution in [1.29, 1.82) is 0 Å². The predicted molar refractivity (Wildman–Crippen MR) is 67.4 cm³/mol. The Hall–Kier alpha value is -1.75. The Morgan fingerprint density at radius 3 is 2.94 bits per heavy atom. The van der Waals surface area contributed by atoms with Crippen LogP contribution in [0, 0.1) is 0 Å². The second kappa shape index (κ2) is 6.75. The minimum Gasteiger partial charge on any atom is -0.478 e. The number of benzene rings is 1. The molecule has 0 heterocycles. The van der Waals surface area contributed by atoms with Crippen LogP contribution in [0.15, 0.2) is 18.2 Å². The quantitative estimate of drug-likeness (QED) is 0.498. The van der Waals surface area contributed by atoms with E-state index in [9.17, 15) is 4.79 Å². The molecule has 0 bridgehead atoms. The zero-order valence-corrected chi connectivity index (χ0v) is 9.90. The van der Waals surface area contributed by atoms with Crippen molar-refractivity contribution in [2.45, 2.75) is 13.3 Å². The van der Waals surface area contributed by atoms with Gasteiger partial charge in [-0.2, -0.15) is 0 Å². The maximum atomic E-state index is 11.0. The summed E-state index contributed by atoms with van der Waals surface area (Å²) in [6.45, 7) is 3.91. The lowest BCUT2D eigenvalue weighted by atomic mass is 10.1. The van der Waals surface area contributed by atoms with Crippen molar-refractivity contribution in [3.8, 4) is 0 Å². The van der Waals surface area contributed by atoms with E-state index in [1.54, 1.807) is 12.1 Å². The van der Waals surface area contributed by atoms with Gasteiger partial charge >= 0.3 is 5.97 Å². The SMILES string of the molecule is CCOCCCNc1c(N)cccc1C(=O)O. The fraction of sp³-hybridized carbons (Fsp3) is 0.417. The molecule has 0 aromatic heterocycles. The highest BCUT2D eigenvalue weighted by molar-refractivity contribution is 5.97. The van der Waals surface area contributed by atoms with Crippen LogP contribution in [-0.4, -0.2) is 30.8 Å². The summed E-state index contributed by atoms with van der Waals surface area (Å²) in [5.41, 5.74) is 6.87. The lowest BCUT2D eigenvalue weighted by molar-refractivity contribution is 0.0698. The Bertz CT molecular complexity index is 380. The summed E-state index contributed by atoms with van der Waals surface area (Å²) in [4.78, 5) is 11.0. The maximum Gasteiger partial charge on any atom is 0.337 e. The normalized spacial score (nSPS) is 10.2. The molecule has 0 spiro atoms. The number of hydrogen-bond acceptors (Lipinski definition) is 4. The average Bonchev–Trinajstić information content (AvgIpc) is 2.30. The first-order chi connectivity index (χ1) is 8.16. The van der Waals surface area contributed by atoms with Crippen LogP contribution >= 0.6 is 0 Å². The Kier molecular flexibility index (Phi) is 5.29.